The second-order valence-electron chi connectivity index (χ2n) is 3.03. The van der Waals surface area contributed by atoms with Gasteiger partial charge in [-0.05, 0) is 6.42 Å². The zero-order valence-electron chi connectivity index (χ0n) is 8.37. The predicted octanol–water partition coefficient (Wildman–Crippen LogP) is 0.710. The number of hydrogen-bond acceptors (Lipinski definition) is 3. The van der Waals surface area contributed by atoms with E-state index < -0.39 is 6.10 Å². The Bertz CT molecular complexity index is 170. The van der Waals surface area contributed by atoms with Crippen LogP contribution in [0, 0.1) is 5.92 Å². The van der Waals surface area contributed by atoms with E-state index in [0.717, 1.165) is 12.8 Å². The number of ether oxygens (including phenoxy) is 1. The molecule has 13 heavy (non-hydrogen) atoms. The molecule has 0 aliphatic heterocycles. The van der Waals surface area contributed by atoms with Gasteiger partial charge in [0.1, 0.15) is 0 Å². The summed E-state index contributed by atoms with van der Waals surface area (Å²) in [5, 5.41) is 2.47. The maximum atomic E-state index is 11.2. The van der Waals surface area contributed by atoms with E-state index in [4.69, 9.17) is 4.74 Å². The van der Waals surface area contributed by atoms with Gasteiger partial charge >= 0.3 is 0 Å². The Morgan fingerprint density at radius 1 is 1.62 bits per heavy atom. The first-order valence-corrected chi connectivity index (χ1v) is 4.48. The van der Waals surface area contributed by atoms with E-state index in [-0.39, 0.29) is 11.8 Å². The van der Waals surface area contributed by atoms with Crippen LogP contribution in [-0.2, 0) is 14.3 Å². The summed E-state index contributed by atoms with van der Waals surface area (Å²) in [4.78, 5) is 21.4. The third-order valence-electron chi connectivity index (χ3n) is 1.97. The van der Waals surface area contributed by atoms with Gasteiger partial charge in [-0.15, -0.1) is 0 Å². The van der Waals surface area contributed by atoms with Crippen molar-refractivity contribution >= 4 is 12.4 Å². The molecule has 0 heterocycles. The largest absolute Gasteiger partial charge is 0.454 e. The van der Waals surface area contributed by atoms with Crippen molar-refractivity contribution in [2.75, 3.05) is 7.05 Å². The highest BCUT2D eigenvalue weighted by Crippen LogP contribution is 2.13. The Morgan fingerprint density at radius 2 is 2.23 bits per heavy atom. The average molecular weight is 187 g/mol. The molecule has 0 radical (unpaired) electrons. The van der Waals surface area contributed by atoms with Crippen molar-refractivity contribution in [3.05, 3.63) is 0 Å². The first-order valence-electron chi connectivity index (χ1n) is 4.48. The van der Waals surface area contributed by atoms with Crippen LogP contribution in [0.25, 0.3) is 0 Å². The van der Waals surface area contributed by atoms with Crippen LogP contribution in [0.4, 0.5) is 0 Å². The molecule has 2 atom stereocenters. The zero-order valence-corrected chi connectivity index (χ0v) is 8.37. The van der Waals surface area contributed by atoms with E-state index in [1.807, 2.05) is 13.8 Å². The Labute approximate surface area is 78.6 Å². The molecule has 0 aliphatic rings. The van der Waals surface area contributed by atoms with Crippen LogP contribution in [0.2, 0.25) is 0 Å². The number of carbonyl (C=O) groups excluding carboxylic acids is 2. The van der Waals surface area contributed by atoms with Crippen molar-refractivity contribution in [1.29, 1.82) is 0 Å². The smallest absolute Gasteiger partial charge is 0.293 e. The van der Waals surface area contributed by atoms with Crippen molar-refractivity contribution in [2.24, 2.45) is 5.92 Å². The highest BCUT2D eigenvalue weighted by Gasteiger charge is 2.24. The molecule has 2 unspecified atom stereocenters. The van der Waals surface area contributed by atoms with Crippen molar-refractivity contribution < 1.29 is 14.3 Å². The molecule has 0 fully saturated rings. The van der Waals surface area contributed by atoms with Crippen molar-refractivity contribution in [3.63, 3.8) is 0 Å². The molecule has 0 aromatic heterocycles. The minimum Gasteiger partial charge on any atom is -0.454 e. The number of carbonyl (C=O) groups is 2. The SMILES string of the molecule is CCCC(C)C(OC=O)C(=O)NC. The Morgan fingerprint density at radius 3 is 2.62 bits per heavy atom. The number of amides is 1. The van der Waals surface area contributed by atoms with E-state index in [9.17, 15) is 9.59 Å². The molecule has 1 N–H and O–H groups in total. The molecule has 0 aliphatic carbocycles. The van der Waals surface area contributed by atoms with Crippen LogP contribution in [0.3, 0.4) is 0 Å². The molecule has 0 saturated carbocycles. The lowest BCUT2D eigenvalue weighted by Gasteiger charge is -2.19. The molecule has 0 rings (SSSR count). The van der Waals surface area contributed by atoms with Crippen molar-refractivity contribution in [3.8, 4) is 0 Å². The summed E-state index contributed by atoms with van der Waals surface area (Å²) < 4.78 is 4.72. The van der Waals surface area contributed by atoms with Crippen LogP contribution < -0.4 is 5.32 Å². The summed E-state index contributed by atoms with van der Waals surface area (Å²) in [6, 6.07) is 0. The molecule has 0 spiro atoms. The van der Waals surface area contributed by atoms with Gasteiger partial charge in [0, 0.05) is 13.0 Å². The summed E-state index contributed by atoms with van der Waals surface area (Å²) in [5.74, 6) is -0.178. The minimum absolute atomic E-state index is 0.0650. The average Bonchev–Trinajstić information content (AvgIpc) is 2.13. The maximum Gasteiger partial charge on any atom is 0.293 e. The third-order valence-corrected chi connectivity index (χ3v) is 1.97. The van der Waals surface area contributed by atoms with Crippen molar-refractivity contribution in [1.82, 2.24) is 5.32 Å². The normalized spacial score (nSPS) is 14.4. The summed E-state index contributed by atoms with van der Waals surface area (Å²) >= 11 is 0. The molecule has 4 heteroatoms. The fourth-order valence-electron chi connectivity index (χ4n) is 1.26. The lowest BCUT2D eigenvalue weighted by Crippen LogP contribution is -2.38. The molecular formula is C9H17NO3. The molecular weight excluding hydrogens is 170 g/mol. The van der Waals surface area contributed by atoms with E-state index in [1.165, 1.54) is 7.05 Å². The van der Waals surface area contributed by atoms with Gasteiger partial charge in [-0.3, -0.25) is 9.59 Å². The fraction of sp³-hybridized carbons (Fsp3) is 0.778. The molecule has 0 aromatic rings. The molecule has 76 valence electrons. The van der Waals surface area contributed by atoms with E-state index in [2.05, 4.69) is 5.32 Å². The summed E-state index contributed by atoms with van der Waals surface area (Å²) in [6.45, 7) is 4.25. The minimum atomic E-state index is -0.651. The molecule has 0 saturated heterocycles. The molecule has 1 amide bonds. The summed E-state index contributed by atoms with van der Waals surface area (Å²) in [7, 11) is 1.53. The first kappa shape index (κ1) is 11.9. The van der Waals surface area contributed by atoms with Gasteiger partial charge in [-0.25, -0.2) is 0 Å². The predicted molar refractivity (Wildman–Crippen MR) is 49.1 cm³/mol. The van der Waals surface area contributed by atoms with Crippen LogP contribution in [0.5, 0.6) is 0 Å². The van der Waals surface area contributed by atoms with Crippen LogP contribution in [-0.4, -0.2) is 25.5 Å². The first-order chi connectivity index (χ1) is 6.17. The van der Waals surface area contributed by atoms with Gasteiger partial charge < -0.3 is 10.1 Å². The third kappa shape index (κ3) is 3.92. The second kappa shape index (κ2) is 6.46. The molecule has 4 nitrogen and oxygen atoms in total. The number of likely N-dealkylation sites (N-methyl/N-ethyl adjacent to an activating group) is 1. The number of hydrogen-bond donors (Lipinski definition) is 1. The standard InChI is InChI=1S/C9H17NO3/c1-4-5-7(2)8(13-6-11)9(12)10-3/h6-8H,4-5H2,1-3H3,(H,10,12). The summed E-state index contributed by atoms with van der Waals surface area (Å²) in [5.41, 5.74) is 0. The van der Waals surface area contributed by atoms with Gasteiger partial charge in [0.2, 0.25) is 0 Å². The zero-order chi connectivity index (χ0) is 10.3. The Balaban J connectivity index is 4.21. The molecule has 0 aromatic carbocycles. The lowest BCUT2D eigenvalue weighted by atomic mass is 9.99. The Hall–Kier alpha value is -1.06. The fourth-order valence-corrected chi connectivity index (χ4v) is 1.26. The van der Waals surface area contributed by atoms with Gasteiger partial charge in [0.15, 0.2) is 6.10 Å². The second-order valence-corrected chi connectivity index (χ2v) is 3.03. The van der Waals surface area contributed by atoms with Gasteiger partial charge in [0.05, 0.1) is 0 Å². The highest BCUT2D eigenvalue weighted by molar-refractivity contribution is 5.81. The van der Waals surface area contributed by atoms with E-state index in [1.54, 1.807) is 0 Å². The number of nitrogens with one attached hydrogen (secondary N) is 1. The summed E-state index contributed by atoms with van der Waals surface area (Å²) in [6.07, 6.45) is 1.19. The quantitative estimate of drug-likeness (QED) is 0.623. The monoisotopic (exact) mass is 187 g/mol. The van der Waals surface area contributed by atoms with E-state index >= 15 is 0 Å². The van der Waals surface area contributed by atoms with Crippen LogP contribution >= 0.6 is 0 Å². The molecule has 0 bridgehead atoms. The van der Waals surface area contributed by atoms with E-state index in [0.29, 0.717) is 6.47 Å². The van der Waals surface area contributed by atoms with Gasteiger partial charge in [-0.1, -0.05) is 20.3 Å². The Kier molecular flexibility index (Phi) is 5.93. The van der Waals surface area contributed by atoms with Gasteiger partial charge in [0.25, 0.3) is 12.4 Å². The number of rotatable bonds is 6. The topological polar surface area (TPSA) is 55.4 Å². The van der Waals surface area contributed by atoms with Crippen LogP contribution in [0.1, 0.15) is 26.7 Å². The highest BCUT2D eigenvalue weighted by atomic mass is 16.5. The maximum absolute atomic E-state index is 11.2. The van der Waals surface area contributed by atoms with Crippen molar-refractivity contribution in [2.45, 2.75) is 32.8 Å². The lowest BCUT2D eigenvalue weighted by molar-refractivity contribution is -0.148. The van der Waals surface area contributed by atoms with Gasteiger partial charge in [-0.2, -0.15) is 0 Å². The van der Waals surface area contributed by atoms with Crippen LogP contribution in [0.15, 0.2) is 0 Å².